The van der Waals surface area contributed by atoms with E-state index in [1.807, 2.05) is 0 Å². The predicted molar refractivity (Wildman–Crippen MR) is 81.4 cm³/mol. The van der Waals surface area contributed by atoms with Gasteiger partial charge in [-0.3, -0.25) is 4.79 Å². The molecule has 120 valence electrons. The number of rotatable bonds is 3. The molecular weight excluding hydrogens is 300 g/mol. The number of ether oxygens (including phenoxy) is 2. The molecule has 3 rings (SSSR count). The standard InChI is InChI=1S/C17H16O6/c1-22-14-5-9(2-3-12(14)19)4-10-8-23-15-7-11(18)6-13(20)16(15)17(10)21/h2-3,5-7,10,18-20H,4,8H2,1H3/t10-/m1/s1. The van der Waals surface area contributed by atoms with E-state index in [0.717, 1.165) is 11.6 Å². The molecule has 0 unspecified atom stereocenters. The van der Waals surface area contributed by atoms with Gasteiger partial charge in [0.15, 0.2) is 17.3 Å². The highest BCUT2D eigenvalue weighted by Crippen LogP contribution is 2.38. The van der Waals surface area contributed by atoms with Gasteiger partial charge in [0.25, 0.3) is 0 Å². The minimum Gasteiger partial charge on any atom is -0.508 e. The largest absolute Gasteiger partial charge is 0.508 e. The average Bonchev–Trinajstić information content (AvgIpc) is 2.51. The van der Waals surface area contributed by atoms with Gasteiger partial charge in [0.1, 0.15) is 22.8 Å². The van der Waals surface area contributed by atoms with Crippen LogP contribution in [0.4, 0.5) is 0 Å². The number of aromatic hydroxyl groups is 3. The molecule has 23 heavy (non-hydrogen) atoms. The highest BCUT2D eigenvalue weighted by atomic mass is 16.5. The molecule has 0 bridgehead atoms. The Hall–Kier alpha value is -2.89. The Labute approximate surface area is 132 Å². The lowest BCUT2D eigenvalue weighted by Gasteiger charge is -2.25. The Morgan fingerprint density at radius 1 is 1.17 bits per heavy atom. The molecule has 0 aromatic heterocycles. The number of methoxy groups -OCH3 is 1. The van der Waals surface area contributed by atoms with Crippen LogP contribution in [0, 0.1) is 5.92 Å². The molecule has 0 aliphatic carbocycles. The van der Waals surface area contributed by atoms with Gasteiger partial charge in [-0.1, -0.05) is 6.07 Å². The number of carbonyl (C=O) groups excluding carboxylic acids is 1. The van der Waals surface area contributed by atoms with Gasteiger partial charge in [0.2, 0.25) is 0 Å². The molecule has 6 nitrogen and oxygen atoms in total. The van der Waals surface area contributed by atoms with Crippen molar-refractivity contribution in [1.82, 2.24) is 0 Å². The van der Waals surface area contributed by atoms with Crippen LogP contribution in [-0.2, 0) is 6.42 Å². The fourth-order valence-electron chi connectivity index (χ4n) is 2.70. The first-order valence-electron chi connectivity index (χ1n) is 7.08. The molecule has 0 fully saturated rings. The molecule has 0 saturated carbocycles. The predicted octanol–water partition coefficient (Wildman–Crippen LogP) is 2.25. The smallest absolute Gasteiger partial charge is 0.177 e. The van der Waals surface area contributed by atoms with Crippen LogP contribution in [0.15, 0.2) is 30.3 Å². The van der Waals surface area contributed by atoms with E-state index in [-0.39, 0.29) is 41.0 Å². The third-order valence-corrected chi connectivity index (χ3v) is 3.85. The molecule has 3 N–H and O–H groups in total. The summed E-state index contributed by atoms with van der Waals surface area (Å²) in [6.45, 7) is 0.151. The summed E-state index contributed by atoms with van der Waals surface area (Å²) in [5.41, 5.74) is 0.896. The first-order valence-corrected chi connectivity index (χ1v) is 7.08. The summed E-state index contributed by atoms with van der Waals surface area (Å²) in [5.74, 6) is -0.607. The van der Waals surface area contributed by atoms with E-state index in [1.165, 1.54) is 19.2 Å². The van der Waals surface area contributed by atoms with Gasteiger partial charge in [0, 0.05) is 12.1 Å². The first kappa shape index (κ1) is 15.0. The summed E-state index contributed by atoms with van der Waals surface area (Å²) in [5, 5.41) is 29.0. The molecule has 6 heteroatoms. The van der Waals surface area contributed by atoms with Crippen molar-refractivity contribution < 1.29 is 29.6 Å². The van der Waals surface area contributed by atoms with Crippen LogP contribution in [0.2, 0.25) is 0 Å². The molecule has 1 aliphatic rings. The number of hydrogen-bond donors (Lipinski definition) is 3. The Morgan fingerprint density at radius 2 is 1.96 bits per heavy atom. The van der Waals surface area contributed by atoms with E-state index in [1.54, 1.807) is 12.1 Å². The molecule has 0 saturated heterocycles. The number of Topliss-reactive ketones (excluding diaryl/α,β-unsaturated/α-hetero) is 1. The van der Waals surface area contributed by atoms with Crippen LogP contribution in [0.25, 0.3) is 0 Å². The SMILES string of the molecule is COc1cc(C[C@@H]2COc3cc(O)cc(O)c3C2=O)ccc1O. The van der Waals surface area contributed by atoms with E-state index in [9.17, 15) is 20.1 Å². The Kier molecular flexibility index (Phi) is 3.73. The van der Waals surface area contributed by atoms with Crippen molar-refractivity contribution in [2.24, 2.45) is 5.92 Å². The number of phenols is 3. The zero-order chi connectivity index (χ0) is 16.6. The van der Waals surface area contributed by atoms with Gasteiger partial charge in [-0.2, -0.15) is 0 Å². The third-order valence-electron chi connectivity index (χ3n) is 3.85. The second-order valence-corrected chi connectivity index (χ2v) is 5.42. The molecule has 0 radical (unpaired) electrons. The van der Waals surface area contributed by atoms with E-state index >= 15 is 0 Å². The second-order valence-electron chi connectivity index (χ2n) is 5.42. The monoisotopic (exact) mass is 316 g/mol. The quantitative estimate of drug-likeness (QED) is 0.803. The highest BCUT2D eigenvalue weighted by molar-refractivity contribution is 6.04. The minimum atomic E-state index is -0.466. The molecule has 0 amide bonds. The van der Waals surface area contributed by atoms with E-state index < -0.39 is 5.92 Å². The normalized spacial score (nSPS) is 16.6. The summed E-state index contributed by atoms with van der Waals surface area (Å²) in [6, 6.07) is 7.30. The van der Waals surface area contributed by atoms with Crippen LogP contribution in [0.1, 0.15) is 15.9 Å². The van der Waals surface area contributed by atoms with Gasteiger partial charge in [-0.15, -0.1) is 0 Å². The van der Waals surface area contributed by atoms with Crippen LogP contribution >= 0.6 is 0 Å². The maximum absolute atomic E-state index is 12.6. The van der Waals surface area contributed by atoms with Gasteiger partial charge in [-0.25, -0.2) is 0 Å². The molecule has 1 aliphatic heterocycles. The minimum absolute atomic E-state index is 0.0286. The molecule has 1 heterocycles. The number of phenolic OH excluding ortho intramolecular Hbond substituents is 3. The van der Waals surface area contributed by atoms with E-state index in [4.69, 9.17) is 9.47 Å². The van der Waals surface area contributed by atoms with Crippen LogP contribution in [-0.4, -0.2) is 34.8 Å². The molecule has 1 atom stereocenters. The van der Waals surface area contributed by atoms with Crippen molar-refractivity contribution in [3.63, 3.8) is 0 Å². The summed E-state index contributed by atoms with van der Waals surface area (Å²) in [6.07, 6.45) is 0.384. The fraction of sp³-hybridized carbons (Fsp3) is 0.235. The summed E-state index contributed by atoms with van der Waals surface area (Å²) in [4.78, 5) is 12.6. The van der Waals surface area contributed by atoms with Crippen molar-refractivity contribution in [3.8, 4) is 28.7 Å². The van der Waals surface area contributed by atoms with Crippen molar-refractivity contribution >= 4 is 5.78 Å². The van der Waals surface area contributed by atoms with Crippen LogP contribution in [0.3, 0.4) is 0 Å². The van der Waals surface area contributed by atoms with Gasteiger partial charge in [0.05, 0.1) is 19.6 Å². The summed E-state index contributed by atoms with van der Waals surface area (Å²) in [7, 11) is 1.45. The third kappa shape index (κ3) is 2.75. The fourth-order valence-corrected chi connectivity index (χ4v) is 2.70. The van der Waals surface area contributed by atoms with Gasteiger partial charge in [-0.05, 0) is 24.1 Å². The Bertz CT molecular complexity index is 768. The molecular formula is C17H16O6. The van der Waals surface area contributed by atoms with Gasteiger partial charge < -0.3 is 24.8 Å². The zero-order valence-corrected chi connectivity index (χ0v) is 12.4. The maximum Gasteiger partial charge on any atom is 0.177 e. The van der Waals surface area contributed by atoms with E-state index in [0.29, 0.717) is 12.2 Å². The maximum atomic E-state index is 12.6. The number of fused-ring (bicyclic) bond motifs is 1. The first-order chi connectivity index (χ1) is 11.0. The van der Waals surface area contributed by atoms with Crippen molar-refractivity contribution in [1.29, 1.82) is 0 Å². The van der Waals surface area contributed by atoms with Crippen LogP contribution in [0.5, 0.6) is 28.7 Å². The van der Waals surface area contributed by atoms with Crippen molar-refractivity contribution in [2.75, 3.05) is 13.7 Å². The van der Waals surface area contributed by atoms with Gasteiger partial charge >= 0.3 is 0 Å². The second kappa shape index (κ2) is 5.72. The topological polar surface area (TPSA) is 96.2 Å². The van der Waals surface area contributed by atoms with Crippen molar-refractivity contribution in [3.05, 3.63) is 41.5 Å². The lowest BCUT2D eigenvalue weighted by Crippen LogP contribution is -2.29. The van der Waals surface area contributed by atoms with Crippen molar-refractivity contribution in [2.45, 2.75) is 6.42 Å². The number of ketones is 1. The lowest BCUT2D eigenvalue weighted by molar-refractivity contribution is 0.0826. The highest BCUT2D eigenvalue weighted by Gasteiger charge is 2.32. The summed E-state index contributed by atoms with van der Waals surface area (Å²) < 4.78 is 10.6. The Morgan fingerprint density at radius 3 is 2.70 bits per heavy atom. The number of carbonyl (C=O) groups is 1. The number of hydrogen-bond acceptors (Lipinski definition) is 6. The molecule has 0 spiro atoms. The lowest BCUT2D eigenvalue weighted by atomic mass is 9.89. The molecule has 2 aromatic carbocycles. The molecule has 2 aromatic rings. The average molecular weight is 316 g/mol. The van der Waals surface area contributed by atoms with Crippen LogP contribution < -0.4 is 9.47 Å². The van der Waals surface area contributed by atoms with E-state index in [2.05, 4.69) is 0 Å². The number of benzene rings is 2. The Balaban J connectivity index is 1.87. The zero-order valence-electron chi connectivity index (χ0n) is 12.4. The summed E-state index contributed by atoms with van der Waals surface area (Å²) >= 11 is 0.